The number of rotatable bonds is 13. The molecule has 0 radical (unpaired) electrons. The number of aliphatic carboxylic acids is 1. The van der Waals surface area contributed by atoms with Crippen LogP contribution < -0.4 is 19.9 Å². The van der Waals surface area contributed by atoms with Gasteiger partial charge in [0.15, 0.2) is 22.8 Å². The minimum absolute atomic E-state index is 0.0774. The van der Waals surface area contributed by atoms with Crippen LogP contribution in [0.4, 0.5) is 0 Å². The first kappa shape index (κ1) is 34.4. The number of hydrogen-bond acceptors (Lipinski definition) is 9. The number of carbonyl (C=O) groups excluding carboxylic acids is 4. The average Bonchev–Trinajstić information content (AvgIpc) is 3.07. The molecule has 0 aliphatic carbocycles. The van der Waals surface area contributed by atoms with E-state index in [-0.39, 0.29) is 22.9 Å². The van der Waals surface area contributed by atoms with Gasteiger partial charge in [-0.25, -0.2) is 4.79 Å². The van der Waals surface area contributed by atoms with Gasteiger partial charge < -0.3 is 34.9 Å². The SMILES string of the molecule is COc1cc(C2=CN(C(=O)c3ccccc3)C(C(C)C)C(=O)N2CC(=O)[C@@](N)(Cc2ccccc2)C(=O)C(=O)O)cc(OC)c1OC. The molecule has 4 rings (SSSR count). The highest BCUT2D eigenvalue weighted by molar-refractivity contribution is 6.42. The lowest BCUT2D eigenvalue weighted by Gasteiger charge is -2.42. The molecule has 12 heteroatoms. The maximum absolute atomic E-state index is 14.5. The predicted octanol–water partition coefficient (Wildman–Crippen LogP) is 3.18. The molecule has 2 atom stereocenters. The van der Waals surface area contributed by atoms with Crippen molar-refractivity contribution in [2.45, 2.75) is 31.8 Å². The van der Waals surface area contributed by atoms with E-state index in [0.29, 0.717) is 16.7 Å². The number of nitrogens with zero attached hydrogens (tertiary/aromatic N) is 2. The van der Waals surface area contributed by atoms with Gasteiger partial charge in [-0.2, -0.15) is 0 Å². The Labute approximate surface area is 272 Å². The van der Waals surface area contributed by atoms with E-state index < -0.39 is 59.8 Å². The molecule has 3 aromatic rings. The molecule has 246 valence electrons. The molecule has 0 saturated heterocycles. The summed E-state index contributed by atoms with van der Waals surface area (Å²) in [7, 11) is 4.24. The third-order valence-electron chi connectivity index (χ3n) is 7.94. The molecule has 3 aromatic carbocycles. The number of nitrogens with two attached hydrogens (primary N) is 1. The standard InChI is InChI=1S/C35H37N3O9/c1-21(2)29-33(42)37(20-28(39)35(36,31(40)34(43)44)18-22-12-8-6-9-13-22)25(19-38(29)32(41)23-14-10-7-11-15-23)24-16-26(45-3)30(47-5)27(17-24)46-4/h6-17,19,21,29H,18,20,36H2,1-5H3,(H,43,44)/t29?,35-/m0/s1. The average molecular weight is 644 g/mol. The number of amides is 2. The molecule has 3 N–H and O–H groups in total. The molecule has 0 saturated carbocycles. The summed E-state index contributed by atoms with van der Waals surface area (Å²) in [4.78, 5) is 69.8. The summed E-state index contributed by atoms with van der Waals surface area (Å²) >= 11 is 0. The number of benzene rings is 3. The van der Waals surface area contributed by atoms with Crippen molar-refractivity contribution in [2.75, 3.05) is 27.9 Å². The van der Waals surface area contributed by atoms with Crippen LogP contribution in [0.5, 0.6) is 17.2 Å². The molecule has 12 nitrogen and oxygen atoms in total. The number of hydrogen-bond donors (Lipinski definition) is 2. The maximum atomic E-state index is 14.5. The van der Waals surface area contributed by atoms with Gasteiger partial charge in [0.2, 0.25) is 5.75 Å². The van der Waals surface area contributed by atoms with Crippen molar-refractivity contribution in [3.8, 4) is 17.2 Å². The van der Waals surface area contributed by atoms with Gasteiger partial charge in [-0.15, -0.1) is 0 Å². The van der Waals surface area contributed by atoms with Gasteiger partial charge in [0, 0.05) is 23.7 Å². The van der Waals surface area contributed by atoms with Crippen LogP contribution in [-0.2, 0) is 25.6 Å². The Morgan fingerprint density at radius 1 is 0.894 bits per heavy atom. The van der Waals surface area contributed by atoms with Crippen LogP contribution >= 0.6 is 0 Å². The third kappa shape index (κ3) is 6.87. The largest absolute Gasteiger partial charge is 0.493 e. The van der Waals surface area contributed by atoms with Crippen LogP contribution in [0.1, 0.15) is 35.3 Å². The molecule has 1 heterocycles. The number of ketones is 2. The Balaban J connectivity index is 1.92. The van der Waals surface area contributed by atoms with E-state index in [4.69, 9.17) is 19.9 Å². The second-order valence-corrected chi connectivity index (χ2v) is 11.3. The lowest BCUT2D eigenvalue weighted by atomic mass is 9.82. The van der Waals surface area contributed by atoms with E-state index >= 15 is 0 Å². The maximum Gasteiger partial charge on any atom is 0.374 e. The smallest absolute Gasteiger partial charge is 0.374 e. The van der Waals surface area contributed by atoms with E-state index in [1.807, 2.05) is 0 Å². The Kier molecular flexibility index (Phi) is 10.5. The van der Waals surface area contributed by atoms with Crippen LogP contribution in [0.2, 0.25) is 0 Å². The zero-order valence-corrected chi connectivity index (χ0v) is 26.8. The first-order valence-electron chi connectivity index (χ1n) is 14.7. The Hall–Kier alpha value is -5.49. The fraction of sp³-hybridized carbons (Fsp3) is 0.286. The highest BCUT2D eigenvalue weighted by Crippen LogP contribution is 2.42. The van der Waals surface area contributed by atoms with Crippen LogP contribution in [-0.4, -0.2) is 83.7 Å². The zero-order chi connectivity index (χ0) is 34.5. The first-order chi connectivity index (χ1) is 22.4. The monoisotopic (exact) mass is 643 g/mol. The summed E-state index contributed by atoms with van der Waals surface area (Å²) in [5.74, 6) is -5.24. The lowest BCUT2D eigenvalue weighted by Crippen LogP contribution is -2.63. The molecule has 1 aliphatic heterocycles. The molecule has 1 aliphatic rings. The molecule has 0 spiro atoms. The zero-order valence-electron chi connectivity index (χ0n) is 26.8. The highest BCUT2D eigenvalue weighted by Gasteiger charge is 2.48. The number of carbonyl (C=O) groups is 5. The van der Waals surface area contributed by atoms with Crippen molar-refractivity contribution in [3.05, 3.63) is 95.7 Å². The molecular weight excluding hydrogens is 606 g/mol. The van der Waals surface area contributed by atoms with E-state index in [9.17, 15) is 29.1 Å². The van der Waals surface area contributed by atoms with Crippen molar-refractivity contribution < 1.29 is 43.3 Å². The lowest BCUT2D eigenvalue weighted by molar-refractivity contribution is -0.154. The van der Waals surface area contributed by atoms with E-state index in [0.717, 1.165) is 4.90 Å². The second kappa shape index (κ2) is 14.3. The van der Waals surface area contributed by atoms with Crippen molar-refractivity contribution in [2.24, 2.45) is 11.7 Å². The van der Waals surface area contributed by atoms with E-state index in [1.165, 1.54) is 32.4 Å². The first-order valence-corrected chi connectivity index (χ1v) is 14.7. The van der Waals surface area contributed by atoms with Gasteiger partial charge >= 0.3 is 5.97 Å². The minimum Gasteiger partial charge on any atom is -0.493 e. The van der Waals surface area contributed by atoms with Crippen molar-refractivity contribution in [1.82, 2.24) is 9.80 Å². The summed E-state index contributed by atoms with van der Waals surface area (Å²) in [6, 6.07) is 18.7. The van der Waals surface area contributed by atoms with Crippen LogP contribution in [0.25, 0.3) is 5.70 Å². The minimum atomic E-state index is -2.52. The molecule has 0 bridgehead atoms. The number of Topliss-reactive ketones (excluding diaryl/α,β-unsaturated/α-hetero) is 2. The Bertz CT molecular complexity index is 1680. The summed E-state index contributed by atoms with van der Waals surface area (Å²) in [6.45, 7) is 2.73. The summed E-state index contributed by atoms with van der Waals surface area (Å²) in [6.07, 6.45) is 1.03. The summed E-state index contributed by atoms with van der Waals surface area (Å²) < 4.78 is 16.5. The fourth-order valence-corrected chi connectivity index (χ4v) is 5.52. The molecule has 0 aromatic heterocycles. The van der Waals surface area contributed by atoms with Gasteiger partial charge in [-0.3, -0.25) is 19.2 Å². The van der Waals surface area contributed by atoms with Crippen LogP contribution in [0.3, 0.4) is 0 Å². The van der Waals surface area contributed by atoms with Gasteiger partial charge in [0.1, 0.15) is 6.04 Å². The number of ether oxygens (including phenoxy) is 3. The third-order valence-corrected chi connectivity index (χ3v) is 7.94. The van der Waals surface area contributed by atoms with Gasteiger partial charge in [0.05, 0.1) is 33.6 Å². The number of carboxylic acids is 1. The van der Waals surface area contributed by atoms with Crippen LogP contribution in [0, 0.1) is 5.92 Å². The number of methoxy groups -OCH3 is 3. The fourth-order valence-electron chi connectivity index (χ4n) is 5.52. The van der Waals surface area contributed by atoms with E-state index in [1.54, 1.807) is 86.6 Å². The van der Waals surface area contributed by atoms with Crippen molar-refractivity contribution >= 4 is 35.0 Å². The Morgan fingerprint density at radius 2 is 1.45 bits per heavy atom. The number of carboxylic acid groups (broad SMARTS) is 1. The molecular formula is C35H37N3O9. The normalized spacial score (nSPS) is 15.9. The van der Waals surface area contributed by atoms with Gasteiger partial charge in [0.25, 0.3) is 17.6 Å². The van der Waals surface area contributed by atoms with Gasteiger partial charge in [-0.05, 0) is 35.7 Å². The second-order valence-electron chi connectivity index (χ2n) is 11.3. The highest BCUT2D eigenvalue weighted by atomic mass is 16.5. The predicted molar refractivity (Wildman–Crippen MR) is 172 cm³/mol. The van der Waals surface area contributed by atoms with Gasteiger partial charge in [-0.1, -0.05) is 62.4 Å². The van der Waals surface area contributed by atoms with E-state index in [2.05, 4.69) is 0 Å². The molecule has 47 heavy (non-hydrogen) atoms. The summed E-state index contributed by atoms with van der Waals surface area (Å²) in [5.41, 5.74) is 5.01. The van der Waals surface area contributed by atoms with Crippen LogP contribution in [0.15, 0.2) is 79.0 Å². The Morgan fingerprint density at radius 3 is 1.94 bits per heavy atom. The topological polar surface area (TPSA) is 166 Å². The van der Waals surface area contributed by atoms with Crippen molar-refractivity contribution in [1.29, 1.82) is 0 Å². The molecule has 2 amide bonds. The molecule has 1 unspecified atom stereocenters. The molecule has 0 fully saturated rings. The van der Waals surface area contributed by atoms with Crippen molar-refractivity contribution in [3.63, 3.8) is 0 Å². The quantitative estimate of drug-likeness (QED) is 0.209. The summed E-state index contributed by atoms with van der Waals surface area (Å²) in [5, 5.41) is 9.66.